The van der Waals surface area contributed by atoms with Crippen LogP contribution in [0.15, 0.2) is 29.2 Å². The van der Waals surface area contributed by atoms with Gasteiger partial charge in [-0.05, 0) is 31.4 Å². The van der Waals surface area contributed by atoms with Gasteiger partial charge < -0.3 is 0 Å². The fourth-order valence-electron chi connectivity index (χ4n) is 2.87. The maximum atomic E-state index is 13.8. The Kier molecular flexibility index (Phi) is 5.16. The molecule has 1 aromatic rings. The van der Waals surface area contributed by atoms with E-state index in [-0.39, 0.29) is 10.9 Å². The molecule has 3 nitrogen and oxygen atoms in total. The summed E-state index contributed by atoms with van der Waals surface area (Å²) in [5.74, 6) is -0.663. The summed E-state index contributed by atoms with van der Waals surface area (Å²) < 4.78 is 40.8. The van der Waals surface area contributed by atoms with Crippen LogP contribution in [0, 0.1) is 5.82 Å². The van der Waals surface area contributed by atoms with Crippen molar-refractivity contribution in [1.29, 1.82) is 0 Å². The van der Waals surface area contributed by atoms with Gasteiger partial charge in [0, 0.05) is 12.6 Å². The molecule has 20 heavy (non-hydrogen) atoms. The summed E-state index contributed by atoms with van der Waals surface area (Å²) in [5.41, 5.74) is 0. The third kappa shape index (κ3) is 3.20. The van der Waals surface area contributed by atoms with E-state index in [9.17, 15) is 12.8 Å². The molecule has 0 saturated heterocycles. The van der Waals surface area contributed by atoms with E-state index in [0.717, 1.165) is 38.5 Å². The van der Waals surface area contributed by atoms with Gasteiger partial charge in [-0.25, -0.2) is 12.8 Å². The smallest absolute Gasteiger partial charge is 0.207 e. The summed E-state index contributed by atoms with van der Waals surface area (Å²) in [6.45, 7) is 2.41. The van der Waals surface area contributed by atoms with Gasteiger partial charge in [0.2, 0.25) is 10.0 Å². The molecule has 0 unspecified atom stereocenters. The van der Waals surface area contributed by atoms with Crippen LogP contribution in [0.25, 0.3) is 0 Å². The van der Waals surface area contributed by atoms with Crippen molar-refractivity contribution in [1.82, 2.24) is 4.31 Å². The SMILES string of the molecule is CCCN(C1CCCCC1)S(=O)(=O)c1ccccc1F. The normalized spacial score (nSPS) is 17.6. The number of hydrogen-bond acceptors (Lipinski definition) is 2. The Morgan fingerprint density at radius 3 is 2.45 bits per heavy atom. The Hall–Kier alpha value is -0.940. The van der Waals surface area contributed by atoms with E-state index in [1.54, 1.807) is 6.07 Å². The van der Waals surface area contributed by atoms with Crippen molar-refractivity contribution in [3.05, 3.63) is 30.1 Å². The molecule has 0 amide bonds. The van der Waals surface area contributed by atoms with Gasteiger partial charge in [0.25, 0.3) is 0 Å². The van der Waals surface area contributed by atoms with Gasteiger partial charge in [-0.2, -0.15) is 4.31 Å². The lowest BCUT2D eigenvalue weighted by atomic mass is 9.95. The van der Waals surface area contributed by atoms with E-state index in [2.05, 4.69) is 0 Å². The monoisotopic (exact) mass is 299 g/mol. The average molecular weight is 299 g/mol. The van der Waals surface area contributed by atoms with Gasteiger partial charge in [0.15, 0.2) is 0 Å². The van der Waals surface area contributed by atoms with E-state index < -0.39 is 15.8 Å². The van der Waals surface area contributed by atoms with Crippen molar-refractivity contribution in [2.45, 2.75) is 56.4 Å². The first-order valence-corrected chi connectivity index (χ1v) is 8.77. The molecule has 1 saturated carbocycles. The number of benzene rings is 1. The highest BCUT2D eigenvalue weighted by Gasteiger charge is 2.33. The lowest BCUT2D eigenvalue weighted by Crippen LogP contribution is -2.42. The maximum Gasteiger partial charge on any atom is 0.246 e. The van der Waals surface area contributed by atoms with Gasteiger partial charge in [0.05, 0.1) is 0 Å². The minimum atomic E-state index is -3.74. The van der Waals surface area contributed by atoms with Crippen LogP contribution >= 0.6 is 0 Å². The first kappa shape index (κ1) is 15.4. The quantitative estimate of drug-likeness (QED) is 0.833. The van der Waals surface area contributed by atoms with Crippen LogP contribution in [-0.2, 0) is 10.0 Å². The van der Waals surface area contributed by atoms with Gasteiger partial charge in [-0.3, -0.25) is 0 Å². The molecule has 112 valence electrons. The Morgan fingerprint density at radius 2 is 1.85 bits per heavy atom. The van der Waals surface area contributed by atoms with E-state index in [0.29, 0.717) is 6.54 Å². The van der Waals surface area contributed by atoms with Crippen LogP contribution in [-0.4, -0.2) is 25.3 Å². The van der Waals surface area contributed by atoms with Crippen LogP contribution in [0.1, 0.15) is 45.4 Å². The summed E-state index contributed by atoms with van der Waals surface area (Å²) in [7, 11) is -3.74. The summed E-state index contributed by atoms with van der Waals surface area (Å²) in [5, 5.41) is 0. The number of nitrogens with zero attached hydrogens (tertiary/aromatic N) is 1. The highest BCUT2D eigenvalue weighted by atomic mass is 32.2. The summed E-state index contributed by atoms with van der Waals surface area (Å²) >= 11 is 0. The number of rotatable bonds is 5. The third-order valence-corrected chi connectivity index (χ3v) is 5.83. The molecule has 0 spiro atoms. The number of hydrogen-bond donors (Lipinski definition) is 0. The zero-order valence-corrected chi connectivity index (χ0v) is 12.7. The predicted molar refractivity (Wildman–Crippen MR) is 77.5 cm³/mol. The van der Waals surface area contributed by atoms with E-state index in [4.69, 9.17) is 0 Å². The second kappa shape index (κ2) is 6.68. The molecule has 0 atom stereocenters. The van der Waals surface area contributed by atoms with Crippen molar-refractivity contribution in [3.63, 3.8) is 0 Å². The van der Waals surface area contributed by atoms with Gasteiger partial charge in [-0.1, -0.05) is 38.3 Å². The second-order valence-electron chi connectivity index (χ2n) is 5.34. The zero-order valence-electron chi connectivity index (χ0n) is 11.9. The second-order valence-corrected chi connectivity index (χ2v) is 7.20. The van der Waals surface area contributed by atoms with Crippen LogP contribution in [0.4, 0.5) is 4.39 Å². The molecule has 0 heterocycles. The van der Waals surface area contributed by atoms with E-state index in [1.165, 1.54) is 22.5 Å². The molecule has 0 bridgehead atoms. The molecule has 0 radical (unpaired) electrons. The Labute approximate surface area is 120 Å². The lowest BCUT2D eigenvalue weighted by Gasteiger charge is -2.33. The Bertz CT molecular complexity index is 539. The van der Waals surface area contributed by atoms with Crippen molar-refractivity contribution in [2.75, 3.05) is 6.54 Å². The molecule has 0 aliphatic heterocycles. The van der Waals surface area contributed by atoms with Crippen molar-refractivity contribution in [3.8, 4) is 0 Å². The van der Waals surface area contributed by atoms with Crippen molar-refractivity contribution in [2.24, 2.45) is 0 Å². The summed E-state index contributed by atoms with van der Waals surface area (Å²) in [6.07, 6.45) is 5.77. The molecule has 2 rings (SSSR count). The largest absolute Gasteiger partial charge is 0.246 e. The Balaban J connectivity index is 2.34. The predicted octanol–water partition coefficient (Wildman–Crippen LogP) is 3.56. The van der Waals surface area contributed by atoms with Crippen LogP contribution in [0.5, 0.6) is 0 Å². The zero-order chi connectivity index (χ0) is 14.6. The van der Waals surface area contributed by atoms with Gasteiger partial charge >= 0.3 is 0 Å². The number of sulfonamides is 1. The minimum absolute atomic E-state index is 0.0216. The first-order valence-electron chi connectivity index (χ1n) is 7.33. The standard InChI is InChI=1S/C15H22FNO2S/c1-2-12-17(13-8-4-3-5-9-13)20(18,19)15-11-7-6-10-14(15)16/h6-7,10-11,13H,2-5,8-9,12H2,1H3. The summed E-state index contributed by atoms with van der Waals surface area (Å²) in [6, 6.07) is 5.67. The van der Waals surface area contributed by atoms with Crippen molar-refractivity contribution < 1.29 is 12.8 Å². The average Bonchev–Trinajstić information content (AvgIpc) is 2.45. The van der Waals surface area contributed by atoms with Crippen molar-refractivity contribution >= 4 is 10.0 Å². The highest BCUT2D eigenvalue weighted by Crippen LogP contribution is 2.28. The fraction of sp³-hybridized carbons (Fsp3) is 0.600. The van der Waals surface area contributed by atoms with Gasteiger partial charge in [-0.15, -0.1) is 0 Å². The van der Waals surface area contributed by atoms with Gasteiger partial charge in [0.1, 0.15) is 10.7 Å². The van der Waals surface area contributed by atoms with E-state index >= 15 is 0 Å². The molecule has 1 aliphatic rings. The molecule has 0 aromatic heterocycles. The third-order valence-electron chi connectivity index (χ3n) is 3.85. The lowest BCUT2D eigenvalue weighted by molar-refractivity contribution is 0.252. The molecule has 1 aliphatic carbocycles. The topological polar surface area (TPSA) is 37.4 Å². The fourth-order valence-corrected chi connectivity index (χ4v) is 4.71. The molecular formula is C15H22FNO2S. The first-order chi connectivity index (χ1) is 9.57. The molecule has 1 aromatic carbocycles. The van der Waals surface area contributed by atoms with Crippen LogP contribution < -0.4 is 0 Å². The van der Waals surface area contributed by atoms with E-state index in [1.807, 2.05) is 6.92 Å². The maximum absolute atomic E-state index is 13.8. The molecule has 5 heteroatoms. The number of halogens is 1. The molecular weight excluding hydrogens is 277 g/mol. The highest BCUT2D eigenvalue weighted by molar-refractivity contribution is 7.89. The Morgan fingerprint density at radius 1 is 1.20 bits per heavy atom. The summed E-state index contributed by atoms with van der Waals surface area (Å²) in [4.78, 5) is -0.195. The van der Waals surface area contributed by atoms with Crippen LogP contribution in [0.3, 0.4) is 0 Å². The minimum Gasteiger partial charge on any atom is -0.207 e. The van der Waals surface area contributed by atoms with Crippen LogP contribution in [0.2, 0.25) is 0 Å². The molecule has 1 fully saturated rings. The molecule has 0 N–H and O–H groups in total.